The lowest BCUT2D eigenvalue weighted by Gasteiger charge is -2.25. The van der Waals surface area contributed by atoms with Crippen molar-refractivity contribution < 1.29 is 9.32 Å². The van der Waals surface area contributed by atoms with E-state index in [1.165, 1.54) is 25.5 Å². The highest BCUT2D eigenvalue weighted by atomic mass is 16.5. The summed E-state index contributed by atoms with van der Waals surface area (Å²) in [5.41, 5.74) is 0. The summed E-state index contributed by atoms with van der Waals surface area (Å²) >= 11 is 0. The molecule has 0 bridgehead atoms. The van der Waals surface area contributed by atoms with Gasteiger partial charge in [-0.1, -0.05) is 11.6 Å². The van der Waals surface area contributed by atoms with Crippen LogP contribution in [-0.2, 0) is 4.79 Å². The lowest BCUT2D eigenvalue weighted by molar-refractivity contribution is -0.117. The largest absolute Gasteiger partial charge is 0.363 e. The summed E-state index contributed by atoms with van der Waals surface area (Å²) in [5.74, 6) is 0.461. The van der Waals surface area contributed by atoms with Crippen LogP contribution in [0.2, 0.25) is 0 Å². The highest BCUT2D eigenvalue weighted by molar-refractivity contribution is 5.91. The molecule has 1 aromatic rings. The van der Waals surface area contributed by atoms with Gasteiger partial charge in [0, 0.05) is 6.07 Å². The van der Waals surface area contributed by atoms with E-state index in [1.54, 1.807) is 6.07 Å². The summed E-state index contributed by atoms with van der Waals surface area (Å²) in [5, 5.41) is 6.31. The number of hydrogen-bond donors (Lipinski definition) is 1. The van der Waals surface area contributed by atoms with Gasteiger partial charge < -0.3 is 9.84 Å². The van der Waals surface area contributed by atoms with Gasteiger partial charge in [0.1, 0.15) is 6.26 Å². The van der Waals surface area contributed by atoms with Crippen molar-refractivity contribution >= 4 is 11.7 Å². The maximum Gasteiger partial charge on any atom is 0.239 e. The number of hydrogen-bond acceptors (Lipinski definition) is 4. The highest BCUT2D eigenvalue weighted by Crippen LogP contribution is 2.08. The third-order valence-corrected chi connectivity index (χ3v) is 2.52. The lowest BCUT2D eigenvalue weighted by atomic mass is 10.1. The van der Waals surface area contributed by atoms with E-state index in [9.17, 15) is 4.79 Å². The topological polar surface area (TPSA) is 58.4 Å². The van der Waals surface area contributed by atoms with Crippen LogP contribution in [0.5, 0.6) is 0 Å². The van der Waals surface area contributed by atoms with Crippen molar-refractivity contribution in [2.45, 2.75) is 19.3 Å². The molecule has 0 saturated carbocycles. The summed E-state index contributed by atoms with van der Waals surface area (Å²) in [6.07, 6.45) is 5.10. The molecule has 1 aliphatic heterocycles. The Morgan fingerprint density at radius 1 is 1.47 bits per heavy atom. The van der Waals surface area contributed by atoms with E-state index in [-0.39, 0.29) is 5.91 Å². The van der Waals surface area contributed by atoms with Crippen molar-refractivity contribution in [3.8, 4) is 0 Å². The van der Waals surface area contributed by atoms with Crippen molar-refractivity contribution in [2.24, 2.45) is 0 Å². The third-order valence-electron chi connectivity index (χ3n) is 2.52. The summed E-state index contributed by atoms with van der Waals surface area (Å²) in [6, 6.07) is 1.63. The highest BCUT2D eigenvalue weighted by Gasteiger charge is 2.14. The summed E-state index contributed by atoms with van der Waals surface area (Å²) < 4.78 is 4.63. The van der Waals surface area contributed by atoms with Crippen molar-refractivity contribution in [3.63, 3.8) is 0 Å². The third kappa shape index (κ3) is 3.06. The Hall–Kier alpha value is -1.36. The van der Waals surface area contributed by atoms with Gasteiger partial charge in [0.2, 0.25) is 5.91 Å². The molecule has 1 aliphatic rings. The molecule has 1 aromatic heterocycles. The Morgan fingerprint density at radius 3 is 2.93 bits per heavy atom. The fourth-order valence-electron chi connectivity index (χ4n) is 1.78. The molecule has 5 nitrogen and oxygen atoms in total. The molecule has 15 heavy (non-hydrogen) atoms. The maximum atomic E-state index is 11.5. The number of carbonyl (C=O) groups is 1. The standard InChI is InChI=1S/C10H15N3O2/c14-10(11-9-4-7-15-12-9)8-13-5-2-1-3-6-13/h4,7H,1-3,5-6,8H2,(H,11,12,14). The molecule has 1 N–H and O–H groups in total. The Labute approximate surface area is 88.4 Å². The Bertz CT molecular complexity index is 304. The number of carbonyl (C=O) groups excluding carboxylic acids is 1. The quantitative estimate of drug-likeness (QED) is 0.809. The van der Waals surface area contributed by atoms with Gasteiger partial charge in [-0.2, -0.15) is 0 Å². The first-order chi connectivity index (χ1) is 7.34. The first-order valence-electron chi connectivity index (χ1n) is 5.27. The molecule has 0 aromatic carbocycles. The van der Waals surface area contributed by atoms with Gasteiger partial charge in [-0.25, -0.2) is 0 Å². The fourth-order valence-corrected chi connectivity index (χ4v) is 1.78. The Morgan fingerprint density at radius 2 is 2.27 bits per heavy atom. The van der Waals surface area contributed by atoms with E-state index in [4.69, 9.17) is 0 Å². The monoisotopic (exact) mass is 209 g/mol. The number of aromatic nitrogens is 1. The van der Waals surface area contributed by atoms with Gasteiger partial charge in [0.15, 0.2) is 5.82 Å². The average Bonchev–Trinajstić information content (AvgIpc) is 2.71. The molecule has 1 amide bonds. The van der Waals surface area contributed by atoms with Gasteiger partial charge in [-0.3, -0.25) is 9.69 Å². The molecule has 0 spiro atoms. The Kier molecular flexibility index (Phi) is 3.34. The molecule has 82 valence electrons. The van der Waals surface area contributed by atoms with Crippen LogP contribution in [0.4, 0.5) is 5.82 Å². The van der Waals surface area contributed by atoms with Crippen LogP contribution in [0.15, 0.2) is 16.9 Å². The van der Waals surface area contributed by atoms with Gasteiger partial charge >= 0.3 is 0 Å². The molecule has 1 saturated heterocycles. The van der Waals surface area contributed by atoms with Crippen molar-refractivity contribution in [1.82, 2.24) is 10.1 Å². The predicted octanol–water partition coefficient (Wildman–Crippen LogP) is 1.10. The summed E-state index contributed by atoms with van der Waals surface area (Å²) in [4.78, 5) is 13.7. The maximum absolute atomic E-state index is 11.5. The smallest absolute Gasteiger partial charge is 0.239 e. The van der Waals surface area contributed by atoms with Crippen LogP contribution in [0.3, 0.4) is 0 Å². The van der Waals surface area contributed by atoms with E-state index >= 15 is 0 Å². The lowest BCUT2D eigenvalue weighted by Crippen LogP contribution is -2.36. The van der Waals surface area contributed by atoms with E-state index in [0.29, 0.717) is 12.4 Å². The summed E-state index contributed by atoms with van der Waals surface area (Å²) in [7, 11) is 0. The number of amides is 1. The van der Waals surface area contributed by atoms with Crippen LogP contribution in [0.25, 0.3) is 0 Å². The van der Waals surface area contributed by atoms with Crippen LogP contribution in [0, 0.1) is 0 Å². The second kappa shape index (κ2) is 4.93. The van der Waals surface area contributed by atoms with Crippen LogP contribution >= 0.6 is 0 Å². The Balaban J connectivity index is 1.76. The van der Waals surface area contributed by atoms with Gasteiger partial charge in [0.05, 0.1) is 6.54 Å². The average molecular weight is 209 g/mol. The van der Waals surface area contributed by atoms with E-state index < -0.39 is 0 Å². The molecule has 2 heterocycles. The molecule has 0 unspecified atom stereocenters. The van der Waals surface area contributed by atoms with E-state index in [2.05, 4.69) is 19.9 Å². The second-order valence-corrected chi connectivity index (χ2v) is 3.77. The van der Waals surface area contributed by atoms with Gasteiger partial charge in [-0.15, -0.1) is 0 Å². The number of anilines is 1. The number of nitrogens with zero attached hydrogens (tertiary/aromatic N) is 2. The number of rotatable bonds is 3. The number of piperidine rings is 1. The zero-order valence-electron chi connectivity index (χ0n) is 8.61. The molecule has 2 rings (SSSR count). The normalized spacial score (nSPS) is 17.6. The fraction of sp³-hybridized carbons (Fsp3) is 0.600. The number of nitrogens with one attached hydrogen (secondary N) is 1. The van der Waals surface area contributed by atoms with Crippen molar-refractivity contribution in [2.75, 3.05) is 25.0 Å². The molecular weight excluding hydrogens is 194 g/mol. The van der Waals surface area contributed by atoms with Crippen LogP contribution < -0.4 is 5.32 Å². The van der Waals surface area contributed by atoms with E-state index in [0.717, 1.165) is 13.1 Å². The SMILES string of the molecule is O=C(CN1CCCCC1)Nc1ccon1. The first kappa shape index (κ1) is 10.2. The molecule has 0 aliphatic carbocycles. The van der Waals surface area contributed by atoms with Crippen molar-refractivity contribution in [3.05, 3.63) is 12.3 Å². The van der Waals surface area contributed by atoms with Crippen molar-refractivity contribution in [1.29, 1.82) is 0 Å². The molecule has 5 heteroatoms. The zero-order valence-corrected chi connectivity index (χ0v) is 8.61. The minimum atomic E-state index is -0.0224. The minimum Gasteiger partial charge on any atom is -0.363 e. The van der Waals surface area contributed by atoms with Gasteiger partial charge in [0.25, 0.3) is 0 Å². The second-order valence-electron chi connectivity index (χ2n) is 3.77. The van der Waals surface area contributed by atoms with Crippen LogP contribution in [0.1, 0.15) is 19.3 Å². The first-order valence-corrected chi connectivity index (χ1v) is 5.27. The summed E-state index contributed by atoms with van der Waals surface area (Å²) in [6.45, 7) is 2.49. The van der Waals surface area contributed by atoms with E-state index in [1.807, 2.05) is 0 Å². The minimum absolute atomic E-state index is 0.0224. The zero-order chi connectivity index (χ0) is 10.5. The molecule has 1 fully saturated rings. The number of likely N-dealkylation sites (tertiary alicyclic amines) is 1. The molecular formula is C10H15N3O2. The predicted molar refractivity (Wildman–Crippen MR) is 55.4 cm³/mol. The van der Waals surface area contributed by atoms with Crippen LogP contribution in [-0.4, -0.2) is 35.6 Å². The molecule has 0 atom stereocenters. The van der Waals surface area contributed by atoms with Gasteiger partial charge in [-0.05, 0) is 25.9 Å². The molecule has 0 radical (unpaired) electrons.